The van der Waals surface area contributed by atoms with Crippen molar-refractivity contribution in [2.75, 3.05) is 0 Å². The highest BCUT2D eigenvalue weighted by Crippen LogP contribution is 2.42. The molecule has 4 nitrogen and oxygen atoms in total. The molecule has 2 atom stereocenters. The van der Waals surface area contributed by atoms with Gasteiger partial charge in [0.05, 0.1) is 6.04 Å². The summed E-state index contributed by atoms with van der Waals surface area (Å²) in [6.45, 7) is 6.27. The Bertz CT molecular complexity index is 1060. The first-order valence-electron chi connectivity index (χ1n) is 11.3. The van der Waals surface area contributed by atoms with Gasteiger partial charge in [-0.1, -0.05) is 69.3 Å². The van der Waals surface area contributed by atoms with Crippen LogP contribution in [-0.4, -0.2) is 17.6 Å². The average Bonchev–Trinajstić information content (AvgIpc) is 2.82. The summed E-state index contributed by atoms with van der Waals surface area (Å²) in [6, 6.07) is 22.0. The largest absolute Gasteiger partial charge is 0.487 e. The zero-order chi connectivity index (χ0) is 21.8. The van der Waals surface area contributed by atoms with E-state index in [-0.39, 0.29) is 17.6 Å². The van der Waals surface area contributed by atoms with Crippen LogP contribution < -0.4 is 14.8 Å². The Labute approximate surface area is 184 Å². The smallest absolute Gasteiger partial charge is 0.261 e. The second-order valence-corrected chi connectivity index (χ2v) is 8.32. The van der Waals surface area contributed by atoms with Crippen molar-refractivity contribution >= 4 is 16.7 Å². The molecule has 0 radical (unpaired) electrons. The molecular weight excluding hydrogens is 386 g/mol. The lowest BCUT2D eigenvalue weighted by Crippen LogP contribution is -2.47. The topological polar surface area (TPSA) is 47.6 Å². The molecule has 4 heteroatoms. The molecule has 0 aromatic heterocycles. The summed E-state index contributed by atoms with van der Waals surface area (Å²) in [6.07, 6.45) is 2.60. The van der Waals surface area contributed by atoms with Crippen molar-refractivity contribution in [3.8, 4) is 11.5 Å². The lowest BCUT2D eigenvalue weighted by Gasteiger charge is -2.42. The number of carbonyl (C=O) groups is 1. The van der Waals surface area contributed by atoms with Gasteiger partial charge in [-0.2, -0.15) is 0 Å². The fourth-order valence-corrected chi connectivity index (χ4v) is 4.42. The number of para-hydroxylation sites is 1. The molecule has 1 aliphatic rings. The standard InChI is InChI=1S/C27H31NO3/c1-4-24(30-21-16-15-19-11-7-8-12-20(19)17-21)26(29)28-23-18-27(5-2,6-3)31-25-14-10-9-13-22(23)25/h7-17,23-24H,4-6,18H2,1-3H3,(H,28,29)/t23-,24-/m0/s1. The van der Waals surface area contributed by atoms with E-state index < -0.39 is 6.10 Å². The van der Waals surface area contributed by atoms with Gasteiger partial charge in [0.15, 0.2) is 6.10 Å². The van der Waals surface area contributed by atoms with Crippen LogP contribution in [0.2, 0.25) is 0 Å². The number of hydrogen-bond acceptors (Lipinski definition) is 3. The van der Waals surface area contributed by atoms with Crippen LogP contribution in [0.25, 0.3) is 10.8 Å². The summed E-state index contributed by atoms with van der Waals surface area (Å²) in [5, 5.41) is 5.52. The second kappa shape index (κ2) is 9.01. The molecule has 3 aromatic rings. The van der Waals surface area contributed by atoms with Crippen molar-refractivity contribution in [1.82, 2.24) is 5.32 Å². The Morgan fingerprint density at radius 1 is 1.03 bits per heavy atom. The first-order chi connectivity index (χ1) is 15.1. The van der Waals surface area contributed by atoms with Crippen molar-refractivity contribution in [3.63, 3.8) is 0 Å². The molecule has 31 heavy (non-hydrogen) atoms. The Hall–Kier alpha value is -3.01. The van der Waals surface area contributed by atoms with Crippen LogP contribution >= 0.6 is 0 Å². The second-order valence-electron chi connectivity index (χ2n) is 8.32. The minimum Gasteiger partial charge on any atom is -0.487 e. The molecule has 0 saturated carbocycles. The predicted octanol–water partition coefficient (Wildman–Crippen LogP) is 6.20. The number of hydrogen-bond donors (Lipinski definition) is 1. The average molecular weight is 418 g/mol. The van der Waals surface area contributed by atoms with E-state index in [1.165, 1.54) is 0 Å². The summed E-state index contributed by atoms with van der Waals surface area (Å²) < 4.78 is 12.5. The van der Waals surface area contributed by atoms with E-state index in [0.717, 1.165) is 41.3 Å². The molecule has 3 aromatic carbocycles. The molecule has 0 aliphatic carbocycles. The third-order valence-electron chi connectivity index (χ3n) is 6.46. The van der Waals surface area contributed by atoms with Gasteiger partial charge in [0, 0.05) is 12.0 Å². The van der Waals surface area contributed by atoms with E-state index in [2.05, 4.69) is 31.3 Å². The van der Waals surface area contributed by atoms with E-state index in [9.17, 15) is 4.79 Å². The van der Waals surface area contributed by atoms with Crippen LogP contribution in [-0.2, 0) is 4.79 Å². The van der Waals surface area contributed by atoms with Crippen molar-refractivity contribution in [1.29, 1.82) is 0 Å². The highest BCUT2D eigenvalue weighted by atomic mass is 16.5. The fraction of sp³-hybridized carbons (Fsp3) is 0.370. The van der Waals surface area contributed by atoms with E-state index in [0.29, 0.717) is 12.2 Å². The molecule has 0 saturated heterocycles. The number of nitrogens with one attached hydrogen (secondary N) is 1. The van der Waals surface area contributed by atoms with Crippen LogP contribution in [0, 0.1) is 0 Å². The zero-order valence-electron chi connectivity index (χ0n) is 18.6. The van der Waals surface area contributed by atoms with Crippen LogP contribution in [0.15, 0.2) is 66.7 Å². The number of carbonyl (C=O) groups excluding carboxylic acids is 1. The predicted molar refractivity (Wildman–Crippen MR) is 125 cm³/mol. The molecule has 0 unspecified atom stereocenters. The molecule has 1 aliphatic heterocycles. The van der Waals surface area contributed by atoms with Crippen LogP contribution in [0.1, 0.15) is 58.1 Å². The molecule has 0 spiro atoms. The Morgan fingerprint density at radius 3 is 2.48 bits per heavy atom. The molecule has 0 bridgehead atoms. The number of amides is 1. The first kappa shape index (κ1) is 21.2. The molecule has 1 heterocycles. The van der Waals surface area contributed by atoms with Crippen molar-refractivity contribution in [3.05, 3.63) is 72.3 Å². The Balaban J connectivity index is 1.53. The maximum atomic E-state index is 13.2. The normalized spacial score (nSPS) is 18.0. The summed E-state index contributed by atoms with van der Waals surface area (Å²) in [4.78, 5) is 13.2. The minimum atomic E-state index is -0.547. The summed E-state index contributed by atoms with van der Waals surface area (Å²) in [5.41, 5.74) is 0.779. The van der Waals surface area contributed by atoms with Gasteiger partial charge >= 0.3 is 0 Å². The monoisotopic (exact) mass is 417 g/mol. The minimum absolute atomic E-state index is 0.0848. The van der Waals surface area contributed by atoms with Gasteiger partial charge in [-0.3, -0.25) is 4.79 Å². The zero-order valence-corrected chi connectivity index (χ0v) is 18.6. The van der Waals surface area contributed by atoms with E-state index in [1.807, 2.05) is 61.5 Å². The van der Waals surface area contributed by atoms with Crippen molar-refractivity contribution < 1.29 is 14.3 Å². The highest BCUT2D eigenvalue weighted by molar-refractivity contribution is 5.84. The van der Waals surface area contributed by atoms with Gasteiger partial charge in [0.2, 0.25) is 0 Å². The van der Waals surface area contributed by atoms with E-state index in [1.54, 1.807) is 0 Å². The lowest BCUT2D eigenvalue weighted by molar-refractivity contribution is -0.129. The fourth-order valence-electron chi connectivity index (χ4n) is 4.42. The first-order valence-corrected chi connectivity index (χ1v) is 11.3. The maximum Gasteiger partial charge on any atom is 0.261 e. The number of fused-ring (bicyclic) bond motifs is 2. The van der Waals surface area contributed by atoms with Gasteiger partial charge in [-0.05, 0) is 48.2 Å². The van der Waals surface area contributed by atoms with Crippen molar-refractivity contribution in [2.24, 2.45) is 0 Å². The summed E-state index contributed by atoms with van der Waals surface area (Å²) in [7, 11) is 0. The van der Waals surface area contributed by atoms with Gasteiger partial charge in [-0.25, -0.2) is 0 Å². The van der Waals surface area contributed by atoms with Gasteiger partial charge in [-0.15, -0.1) is 0 Å². The quantitative estimate of drug-likeness (QED) is 0.498. The molecule has 1 amide bonds. The van der Waals surface area contributed by atoms with Gasteiger partial charge in [0.25, 0.3) is 5.91 Å². The summed E-state index contributed by atoms with van der Waals surface area (Å²) in [5.74, 6) is 1.49. The van der Waals surface area contributed by atoms with Crippen LogP contribution in [0.5, 0.6) is 11.5 Å². The lowest BCUT2D eigenvalue weighted by atomic mass is 9.83. The third-order valence-corrected chi connectivity index (χ3v) is 6.46. The molecule has 162 valence electrons. The molecular formula is C27H31NO3. The Morgan fingerprint density at radius 2 is 1.74 bits per heavy atom. The van der Waals surface area contributed by atoms with E-state index in [4.69, 9.17) is 9.47 Å². The maximum absolute atomic E-state index is 13.2. The SMILES string of the molecule is CC[C@H](Oc1ccc2ccccc2c1)C(=O)N[C@H]1CC(CC)(CC)Oc2ccccc21. The Kier molecular flexibility index (Phi) is 6.17. The number of rotatable bonds is 7. The summed E-state index contributed by atoms with van der Waals surface area (Å²) >= 11 is 0. The number of benzene rings is 3. The van der Waals surface area contributed by atoms with Crippen LogP contribution in [0.3, 0.4) is 0 Å². The molecule has 0 fully saturated rings. The highest BCUT2D eigenvalue weighted by Gasteiger charge is 2.39. The van der Waals surface area contributed by atoms with Crippen molar-refractivity contribution in [2.45, 2.75) is 64.2 Å². The van der Waals surface area contributed by atoms with Gasteiger partial charge in [0.1, 0.15) is 17.1 Å². The van der Waals surface area contributed by atoms with Gasteiger partial charge < -0.3 is 14.8 Å². The molecule has 4 rings (SSSR count). The molecule has 1 N–H and O–H groups in total. The van der Waals surface area contributed by atoms with E-state index >= 15 is 0 Å². The van der Waals surface area contributed by atoms with Crippen LogP contribution in [0.4, 0.5) is 0 Å². The third kappa shape index (κ3) is 4.39. The number of ether oxygens (including phenoxy) is 2.